The largest absolute Gasteiger partial charge is 0.380 e. The van der Waals surface area contributed by atoms with Crippen LogP contribution in [0.2, 0.25) is 0 Å². The molecule has 1 aliphatic rings. The molecule has 0 radical (unpaired) electrons. The average molecular weight is 213 g/mol. The van der Waals surface area contributed by atoms with Gasteiger partial charge in [0.25, 0.3) is 0 Å². The van der Waals surface area contributed by atoms with Crippen LogP contribution in [0.1, 0.15) is 51.9 Å². The number of hydrogen-bond acceptors (Lipinski definition) is 2. The lowest BCUT2D eigenvalue weighted by atomic mass is 9.90. The van der Waals surface area contributed by atoms with Gasteiger partial charge < -0.3 is 10.1 Å². The fraction of sp³-hybridized carbons (Fsp3) is 1.00. The fourth-order valence-corrected chi connectivity index (χ4v) is 2.17. The van der Waals surface area contributed by atoms with E-state index in [1.807, 2.05) is 0 Å². The summed E-state index contributed by atoms with van der Waals surface area (Å²) in [6.07, 6.45) is 9.62. The SMILES string of the molecule is CCCCNCCOCC1CCCCC1. The molecule has 1 N–H and O–H groups in total. The zero-order valence-electron chi connectivity index (χ0n) is 10.3. The zero-order chi connectivity index (χ0) is 10.8. The van der Waals surface area contributed by atoms with Gasteiger partial charge in [-0.15, -0.1) is 0 Å². The van der Waals surface area contributed by atoms with Crippen LogP contribution in [0.25, 0.3) is 0 Å². The van der Waals surface area contributed by atoms with Crippen LogP contribution in [0.4, 0.5) is 0 Å². The number of unbranched alkanes of at least 4 members (excludes halogenated alkanes) is 1. The van der Waals surface area contributed by atoms with Crippen molar-refractivity contribution in [1.29, 1.82) is 0 Å². The predicted molar refractivity (Wildman–Crippen MR) is 65.2 cm³/mol. The van der Waals surface area contributed by atoms with E-state index in [0.717, 1.165) is 32.2 Å². The highest BCUT2D eigenvalue weighted by molar-refractivity contribution is 4.64. The van der Waals surface area contributed by atoms with Gasteiger partial charge in [0, 0.05) is 13.2 Å². The lowest BCUT2D eigenvalue weighted by molar-refractivity contribution is 0.0870. The number of ether oxygens (including phenoxy) is 1. The van der Waals surface area contributed by atoms with Crippen molar-refractivity contribution in [3.05, 3.63) is 0 Å². The van der Waals surface area contributed by atoms with E-state index in [9.17, 15) is 0 Å². The zero-order valence-corrected chi connectivity index (χ0v) is 10.3. The summed E-state index contributed by atoms with van der Waals surface area (Å²) in [5, 5.41) is 3.40. The maximum Gasteiger partial charge on any atom is 0.0591 e. The summed E-state index contributed by atoms with van der Waals surface area (Å²) in [7, 11) is 0. The van der Waals surface area contributed by atoms with Crippen LogP contribution in [0.15, 0.2) is 0 Å². The molecule has 0 unspecified atom stereocenters. The summed E-state index contributed by atoms with van der Waals surface area (Å²) >= 11 is 0. The van der Waals surface area contributed by atoms with Gasteiger partial charge >= 0.3 is 0 Å². The minimum Gasteiger partial charge on any atom is -0.380 e. The third-order valence-electron chi connectivity index (χ3n) is 3.21. The van der Waals surface area contributed by atoms with E-state index < -0.39 is 0 Å². The van der Waals surface area contributed by atoms with E-state index in [0.29, 0.717) is 0 Å². The van der Waals surface area contributed by atoms with Crippen molar-refractivity contribution in [1.82, 2.24) is 5.32 Å². The van der Waals surface area contributed by atoms with Crippen molar-refractivity contribution < 1.29 is 4.74 Å². The second-order valence-corrected chi connectivity index (χ2v) is 4.68. The van der Waals surface area contributed by atoms with Gasteiger partial charge in [-0.3, -0.25) is 0 Å². The van der Waals surface area contributed by atoms with E-state index in [2.05, 4.69) is 12.2 Å². The van der Waals surface area contributed by atoms with Crippen LogP contribution < -0.4 is 5.32 Å². The minimum atomic E-state index is 0.856. The normalized spacial score (nSPS) is 18.2. The first kappa shape index (κ1) is 13.0. The van der Waals surface area contributed by atoms with Gasteiger partial charge in [0.2, 0.25) is 0 Å². The first-order valence-corrected chi connectivity index (χ1v) is 6.72. The first-order chi connectivity index (χ1) is 7.43. The van der Waals surface area contributed by atoms with Crippen LogP contribution in [-0.2, 0) is 4.74 Å². The molecular formula is C13H27NO. The van der Waals surface area contributed by atoms with E-state index >= 15 is 0 Å². The second kappa shape index (κ2) is 9.17. The van der Waals surface area contributed by atoms with Gasteiger partial charge in [-0.25, -0.2) is 0 Å². The first-order valence-electron chi connectivity index (χ1n) is 6.72. The van der Waals surface area contributed by atoms with Gasteiger partial charge in [0.15, 0.2) is 0 Å². The summed E-state index contributed by atoms with van der Waals surface area (Å²) in [4.78, 5) is 0. The minimum absolute atomic E-state index is 0.856. The molecule has 0 spiro atoms. The maximum atomic E-state index is 5.69. The molecule has 15 heavy (non-hydrogen) atoms. The molecule has 0 aromatic rings. The van der Waals surface area contributed by atoms with Crippen molar-refractivity contribution in [2.24, 2.45) is 5.92 Å². The van der Waals surface area contributed by atoms with E-state index in [1.54, 1.807) is 0 Å². The molecule has 1 aliphatic carbocycles. The highest BCUT2D eigenvalue weighted by atomic mass is 16.5. The summed E-state index contributed by atoms with van der Waals surface area (Å²) in [5.41, 5.74) is 0. The molecule has 2 nitrogen and oxygen atoms in total. The maximum absolute atomic E-state index is 5.69. The van der Waals surface area contributed by atoms with Gasteiger partial charge in [-0.2, -0.15) is 0 Å². The standard InChI is InChI=1S/C13H27NO/c1-2-3-9-14-10-11-15-12-13-7-5-4-6-8-13/h13-14H,2-12H2,1H3. The lowest BCUT2D eigenvalue weighted by Crippen LogP contribution is -2.22. The Bertz CT molecular complexity index is 132. The highest BCUT2D eigenvalue weighted by Gasteiger charge is 2.12. The number of nitrogens with one attached hydrogen (secondary N) is 1. The number of rotatable bonds is 8. The van der Waals surface area contributed by atoms with Gasteiger partial charge in [0.05, 0.1) is 6.61 Å². The summed E-state index contributed by atoms with van der Waals surface area (Å²) in [6, 6.07) is 0. The topological polar surface area (TPSA) is 21.3 Å². The fourth-order valence-electron chi connectivity index (χ4n) is 2.17. The molecule has 1 fully saturated rings. The predicted octanol–water partition coefficient (Wildman–Crippen LogP) is 2.97. The summed E-state index contributed by atoms with van der Waals surface area (Å²) in [5.74, 6) is 0.856. The van der Waals surface area contributed by atoms with Crippen LogP contribution in [0.3, 0.4) is 0 Å². The molecule has 0 aliphatic heterocycles. The smallest absolute Gasteiger partial charge is 0.0591 e. The molecule has 0 bridgehead atoms. The molecule has 90 valence electrons. The summed E-state index contributed by atoms with van der Waals surface area (Å²) < 4.78 is 5.69. The number of hydrogen-bond donors (Lipinski definition) is 1. The highest BCUT2D eigenvalue weighted by Crippen LogP contribution is 2.23. The van der Waals surface area contributed by atoms with Crippen LogP contribution in [-0.4, -0.2) is 26.3 Å². The molecule has 2 heteroatoms. The van der Waals surface area contributed by atoms with Crippen LogP contribution in [0, 0.1) is 5.92 Å². The van der Waals surface area contributed by atoms with Gasteiger partial charge in [-0.05, 0) is 31.7 Å². The molecule has 0 aromatic carbocycles. The van der Waals surface area contributed by atoms with Crippen molar-refractivity contribution in [2.45, 2.75) is 51.9 Å². The van der Waals surface area contributed by atoms with Crippen LogP contribution >= 0.6 is 0 Å². The van der Waals surface area contributed by atoms with E-state index in [1.165, 1.54) is 44.9 Å². The van der Waals surface area contributed by atoms with Crippen LogP contribution in [0.5, 0.6) is 0 Å². The quantitative estimate of drug-likeness (QED) is 0.626. The monoisotopic (exact) mass is 213 g/mol. The van der Waals surface area contributed by atoms with Gasteiger partial charge in [-0.1, -0.05) is 32.6 Å². The Morgan fingerprint density at radius 1 is 1.13 bits per heavy atom. The van der Waals surface area contributed by atoms with Crippen molar-refractivity contribution >= 4 is 0 Å². The third-order valence-corrected chi connectivity index (χ3v) is 3.21. The molecule has 0 aromatic heterocycles. The lowest BCUT2D eigenvalue weighted by Gasteiger charge is -2.21. The molecule has 1 saturated carbocycles. The Balaban J connectivity index is 1.79. The Hall–Kier alpha value is -0.0800. The third kappa shape index (κ3) is 6.91. The van der Waals surface area contributed by atoms with Gasteiger partial charge in [0.1, 0.15) is 0 Å². The second-order valence-electron chi connectivity index (χ2n) is 4.68. The van der Waals surface area contributed by atoms with Crippen molar-refractivity contribution in [2.75, 3.05) is 26.3 Å². The Labute approximate surface area is 94.8 Å². The average Bonchev–Trinajstić information content (AvgIpc) is 2.29. The summed E-state index contributed by atoms with van der Waals surface area (Å²) in [6.45, 7) is 6.27. The molecule has 0 atom stereocenters. The Morgan fingerprint density at radius 3 is 2.67 bits per heavy atom. The Kier molecular flexibility index (Phi) is 7.94. The molecule has 0 saturated heterocycles. The molecule has 0 amide bonds. The van der Waals surface area contributed by atoms with Crippen molar-refractivity contribution in [3.63, 3.8) is 0 Å². The molecular weight excluding hydrogens is 186 g/mol. The van der Waals surface area contributed by atoms with E-state index in [4.69, 9.17) is 4.74 Å². The van der Waals surface area contributed by atoms with Crippen molar-refractivity contribution in [3.8, 4) is 0 Å². The van der Waals surface area contributed by atoms with E-state index in [-0.39, 0.29) is 0 Å². The molecule has 1 rings (SSSR count). The Morgan fingerprint density at radius 2 is 1.93 bits per heavy atom. The molecule has 0 heterocycles.